The molecule has 0 bridgehead atoms. The van der Waals surface area contributed by atoms with E-state index in [0.717, 1.165) is 22.4 Å². The smallest absolute Gasteiger partial charge is 0.169 e. The van der Waals surface area contributed by atoms with E-state index in [0.29, 0.717) is 0 Å². The summed E-state index contributed by atoms with van der Waals surface area (Å²) in [4.78, 5) is 0. The van der Waals surface area contributed by atoms with Gasteiger partial charge in [-0.05, 0) is 33.6 Å². The minimum atomic E-state index is -0.00995. The summed E-state index contributed by atoms with van der Waals surface area (Å²) in [7, 11) is 0. The molecule has 2 aromatic rings. The van der Waals surface area contributed by atoms with E-state index < -0.39 is 0 Å². The highest BCUT2D eigenvalue weighted by molar-refractivity contribution is 9.10. The fourth-order valence-corrected chi connectivity index (χ4v) is 1.84. The molecule has 1 heterocycles. The van der Waals surface area contributed by atoms with Crippen LogP contribution < -0.4 is 5.73 Å². The number of nitrogens with two attached hydrogens (primary N) is 1. The highest BCUT2D eigenvalue weighted by Crippen LogP contribution is 2.20. The summed E-state index contributed by atoms with van der Waals surface area (Å²) in [6, 6.07) is 13.8. The van der Waals surface area contributed by atoms with Gasteiger partial charge < -0.3 is 10.2 Å². The second-order valence-electron chi connectivity index (χ2n) is 3.43. The van der Waals surface area contributed by atoms with E-state index in [1.165, 1.54) is 0 Å². The van der Waals surface area contributed by atoms with Gasteiger partial charge in [0.1, 0.15) is 5.76 Å². The van der Waals surface area contributed by atoms with Crippen molar-refractivity contribution in [2.75, 3.05) is 0 Å². The van der Waals surface area contributed by atoms with Gasteiger partial charge in [0.05, 0.1) is 0 Å². The van der Waals surface area contributed by atoms with E-state index in [2.05, 4.69) is 15.9 Å². The van der Waals surface area contributed by atoms with Gasteiger partial charge in [0, 0.05) is 12.5 Å². The Bertz CT molecular complexity index is 424. The Labute approximate surface area is 97.2 Å². The van der Waals surface area contributed by atoms with Gasteiger partial charge in [-0.3, -0.25) is 0 Å². The average Bonchev–Trinajstić information content (AvgIpc) is 2.65. The Hall–Kier alpha value is -1.06. The third-order valence-electron chi connectivity index (χ3n) is 2.28. The molecule has 0 spiro atoms. The predicted molar refractivity (Wildman–Crippen MR) is 63.5 cm³/mol. The summed E-state index contributed by atoms with van der Waals surface area (Å²) < 4.78 is 6.16. The van der Waals surface area contributed by atoms with Crippen molar-refractivity contribution in [3.63, 3.8) is 0 Å². The number of hydrogen-bond acceptors (Lipinski definition) is 2. The Morgan fingerprint density at radius 1 is 1.13 bits per heavy atom. The summed E-state index contributed by atoms with van der Waals surface area (Å²) in [5, 5.41) is 0. The number of benzene rings is 1. The van der Waals surface area contributed by atoms with Crippen LogP contribution in [0.5, 0.6) is 0 Å². The van der Waals surface area contributed by atoms with E-state index in [1.807, 2.05) is 42.5 Å². The van der Waals surface area contributed by atoms with Crippen LogP contribution in [0.15, 0.2) is 51.6 Å². The van der Waals surface area contributed by atoms with E-state index in [1.54, 1.807) is 0 Å². The van der Waals surface area contributed by atoms with Crippen LogP contribution in [0.25, 0.3) is 0 Å². The molecule has 0 aliphatic heterocycles. The lowest BCUT2D eigenvalue weighted by atomic mass is 10.0. The standard InChI is InChI=1S/C12H12BrNO/c13-12-7-6-10(15-12)8-11(14)9-4-2-1-3-5-9/h1-7,11H,8,14H2. The molecule has 1 aromatic carbocycles. The third kappa shape index (κ3) is 2.70. The van der Waals surface area contributed by atoms with Crippen LogP contribution in [0.2, 0.25) is 0 Å². The topological polar surface area (TPSA) is 39.2 Å². The first-order valence-electron chi connectivity index (χ1n) is 4.80. The maximum absolute atomic E-state index is 6.06. The molecule has 0 aliphatic carbocycles. The van der Waals surface area contributed by atoms with Crippen LogP contribution >= 0.6 is 15.9 Å². The largest absolute Gasteiger partial charge is 0.454 e. The zero-order chi connectivity index (χ0) is 10.7. The van der Waals surface area contributed by atoms with Crippen LogP contribution in [0.4, 0.5) is 0 Å². The lowest BCUT2D eigenvalue weighted by Crippen LogP contribution is -2.12. The molecular weight excluding hydrogens is 254 g/mol. The molecule has 1 atom stereocenters. The molecule has 3 heteroatoms. The zero-order valence-corrected chi connectivity index (χ0v) is 9.78. The van der Waals surface area contributed by atoms with Crippen molar-refractivity contribution in [3.8, 4) is 0 Å². The summed E-state index contributed by atoms with van der Waals surface area (Å²) in [5.74, 6) is 0.901. The van der Waals surface area contributed by atoms with Gasteiger partial charge in [-0.15, -0.1) is 0 Å². The second kappa shape index (κ2) is 4.64. The lowest BCUT2D eigenvalue weighted by molar-refractivity contribution is 0.470. The van der Waals surface area contributed by atoms with Crippen LogP contribution in [0, 0.1) is 0 Å². The fraction of sp³-hybridized carbons (Fsp3) is 0.167. The fourth-order valence-electron chi connectivity index (χ4n) is 1.50. The summed E-state index contributed by atoms with van der Waals surface area (Å²) in [6.45, 7) is 0. The predicted octanol–water partition coefficient (Wildman–Crippen LogP) is 3.28. The first kappa shape index (κ1) is 10.5. The normalized spacial score (nSPS) is 12.7. The van der Waals surface area contributed by atoms with E-state index >= 15 is 0 Å². The Balaban J connectivity index is 2.07. The highest BCUT2D eigenvalue weighted by Gasteiger charge is 2.08. The van der Waals surface area contributed by atoms with Crippen molar-refractivity contribution in [1.29, 1.82) is 0 Å². The lowest BCUT2D eigenvalue weighted by Gasteiger charge is -2.09. The number of halogens is 1. The highest BCUT2D eigenvalue weighted by atomic mass is 79.9. The van der Waals surface area contributed by atoms with Crippen molar-refractivity contribution in [3.05, 3.63) is 58.5 Å². The maximum Gasteiger partial charge on any atom is 0.169 e. The molecule has 0 radical (unpaired) electrons. The molecule has 78 valence electrons. The van der Waals surface area contributed by atoms with E-state index in [-0.39, 0.29) is 6.04 Å². The third-order valence-corrected chi connectivity index (χ3v) is 2.70. The Kier molecular flexibility index (Phi) is 3.23. The van der Waals surface area contributed by atoms with Crippen molar-refractivity contribution >= 4 is 15.9 Å². The molecule has 2 nitrogen and oxygen atoms in total. The van der Waals surface area contributed by atoms with Gasteiger partial charge in [0.25, 0.3) is 0 Å². The molecule has 2 rings (SSSR count). The van der Waals surface area contributed by atoms with Gasteiger partial charge in [0.2, 0.25) is 0 Å². The van der Waals surface area contributed by atoms with Crippen molar-refractivity contribution < 1.29 is 4.42 Å². The summed E-state index contributed by atoms with van der Waals surface area (Å²) >= 11 is 3.27. The SMILES string of the molecule is NC(Cc1ccc(Br)o1)c1ccccc1. The second-order valence-corrected chi connectivity index (χ2v) is 4.21. The maximum atomic E-state index is 6.06. The van der Waals surface area contributed by atoms with Gasteiger partial charge in [-0.25, -0.2) is 0 Å². The van der Waals surface area contributed by atoms with Gasteiger partial charge in [-0.1, -0.05) is 30.3 Å². The molecule has 0 amide bonds. The monoisotopic (exact) mass is 265 g/mol. The number of hydrogen-bond donors (Lipinski definition) is 1. The molecule has 1 aromatic heterocycles. The van der Waals surface area contributed by atoms with Crippen LogP contribution in [0.1, 0.15) is 17.4 Å². The Morgan fingerprint density at radius 2 is 1.87 bits per heavy atom. The minimum absolute atomic E-state index is 0.00995. The molecule has 2 N–H and O–H groups in total. The van der Waals surface area contributed by atoms with E-state index in [4.69, 9.17) is 10.2 Å². The number of rotatable bonds is 3. The van der Waals surface area contributed by atoms with Crippen LogP contribution in [0.3, 0.4) is 0 Å². The quantitative estimate of drug-likeness (QED) is 0.925. The van der Waals surface area contributed by atoms with Gasteiger partial charge >= 0.3 is 0 Å². The van der Waals surface area contributed by atoms with Crippen molar-refractivity contribution in [1.82, 2.24) is 0 Å². The molecule has 0 aliphatic rings. The minimum Gasteiger partial charge on any atom is -0.454 e. The van der Waals surface area contributed by atoms with Gasteiger partial charge in [0.15, 0.2) is 4.67 Å². The van der Waals surface area contributed by atoms with Crippen LogP contribution in [-0.2, 0) is 6.42 Å². The molecule has 15 heavy (non-hydrogen) atoms. The van der Waals surface area contributed by atoms with E-state index in [9.17, 15) is 0 Å². The van der Waals surface area contributed by atoms with Gasteiger partial charge in [-0.2, -0.15) is 0 Å². The first-order valence-corrected chi connectivity index (χ1v) is 5.60. The van der Waals surface area contributed by atoms with Crippen molar-refractivity contribution in [2.45, 2.75) is 12.5 Å². The van der Waals surface area contributed by atoms with Crippen molar-refractivity contribution in [2.24, 2.45) is 5.73 Å². The molecular formula is C12H12BrNO. The molecule has 0 fully saturated rings. The molecule has 0 saturated carbocycles. The number of furan rings is 1. The Morgan fingerprint density at radius 3 is 2.47 bits per heavy atom. The summed E-state index contributed by atoms with van der Waals surface area (Å²) in [6.07, 6.45) is 0.718. The first-order chi connectivity index (χ1) is 7.25. The zero-order valence-electron chi connectivity index (χ0n) is 8.19. The molecule has 0 saturated heterocycles. The summed E-state index contributed by atoms with van der Waals surface area (Å²) in [5.41, 5.74) is 7.19. The average molecular weight is 266 g/mol. The molecule has 1 unspecified atom stereocenters. The van der Waals surface area contributed by atoms with Crippen LogP contribution in [-0.4, -0.2) is 0 Å².